The Kier molecular flexibility index (Phi) is 5.21. The van der Waals surface area contributed by atoms with Gasteiger partial charge in [0, 0.05) is 22.7 Å². The third-order valence-corrected chi connectivity index (χ3v) is 5.66. The molecular weight excluding hydrogens is 407 g/mol. The average molecular weight is 425 g/mol. The molecule has 0 aliphatic heterocycles. The van der Waals surface area contributed by atoms with E-state index in [1.807, 2.05) is 47.8 Å². The Morgan fingerprint density at radius 1 is 0.903 bits per heavy atom. The molecule has 0 bridgehead atoms. The Morgan fingerprint density at radius 2 is 1.74 bits per heavy atom. The molecule has 0 saturated carbocycles. The molecule has 0 N–H and O–H groups in total. The fourth-order valence-corrected chi connectivity index (χ4v) is 4.20. The van der Waals surface area contributed by atoms with Crippen LogP contribution in [-0.4, -0.2) is 15.9 Å². The fourth-order valence-electron chi connectivity index (χ4n) is 3.36. The van der Waals surface area contributed by atoms with Crippen LogP contribution in [0.5, 0.6) is 0 Å². The summed E-state index contributed by atoms with van der Waals surface area (Å²) in [6.45, 7) is 0. The zero-order valence-electron chi connectivity index (χ0n) is 16.4. The standard InChI is InChI=1S/C25H17FN4S/c26-23-13-4-3-12-22(23)24-17-31-25(29-20-10-6-14-27-16-20)30(24)28-15-19-9-5-8-18-7-1-2-11-21(18)19/h1-17H. The van der Waals surface area contributed by atoms with Crippen molar-refractivity contribution in [3.05, 3.63) is 113 Å². The predicted molar refractivity (Wildman–Crippen MR) is 124 cm³/mol. The van der Waals surface area contributed by atoms with Crippen molar-refractivity contribution in [1.29, 1.82) is 0 Å². The minimum Gasteiger partial charge on any atom is -0.262 e. The van der Waals surface area contributed by atoms with Crippen molar-refractivity contribution in [3.63, 3.8) is 0 Å². The van der Waals surface area contributed by atoms with Gasteiger partial charge < -0.3 is 0 Å². The normalized spacial score (nSPS) is 12.1. The van der Waals surface area contributed by atoms with Crippen molar-refractivity contribution in [2.24, 2.45) is 10.1 Å². The van der Waals surface area contributed by atoms with Crippen LogP contribution >= 0.6 is 11.3 Å². The average Bonchev–Trinajstić information content (AvgIpc) is 3.20. The SMILES string of the molecule is Fc1ccccc1-c1csc(=Nc2cccnc2)n1N=Cc1cccc2ccccc12. The van der Waals surface area contributed by atoms with Crippen LogP contribution in [-0.2, 0) is 0 Å². The van der Waals surface area contributed by atoms with E-state index in [4.69, 9.17) is 5.10 Å². The molecule has 4 nitrogen and oxygen atoms in total. The molecule has 0 fully saturated rings. The smallest absolute Gasteiger partial charge is 0.211 e. The van der Waals surface area contributed by atoms with E-state index < -0.39 is 0 Å². The van der Waals surface area contributed by atoms with E-state index in [1.165, 1.54) is 17.4 Å². The van der Waals surface area contributed by atoms with E-state index in [0.29, 0.717) is 21.7 Å². The van der Waals surface area contributed by atoms with Gasteiger partial charge in [0.25, 0.3) is 0 Å². The molecule has 150 valence electrons. The summed E-state index contributed by atoms with van der Waals surface area (Å²) in [6, 6.07) is 24.6. The maximum absolute atomic E-state index is 14.6. The zero-order valence-corrected chi connectivity index (χ0v) is 17.2. The molecule has 0 amide bonds. The molecule has 0 saturated heterocycles. The second kappa shape index (κ2) is 8.45. The molecule has 31 heavy (non-hydrogen) atoms. The molecule has 2 heterocycles. The summed E-state index contributed by atoms with van der Waals surface area (Å²) >= 11 is 1.40. The second-order valence-corrected chi connectivity index (χ2v) is 7.67. The molecule has 0 atom stereocenters. The quantitative estimate of drug-likeness (QED) is 0.325. The highest BCUT2D eigenvalue weighted by Crippen LogP contribution is 2.24. The van der Waals surface area contributed by atoms with E-state index in [1.54, 1.807) is 35.4 Å². The van der Waals surface area contributed by atoms with Crippen molar-refractivity contribution < 1.29 is 4.39 Å². The molecule has 0 aliphatic carbocycles. The highest BCUT2D eigenvalue weighted by atomic mass is 32.1. The fraction of sp³-hybridized carbons (Fsp3) is 0. The summed E-state index contributed by atoms with van der Waals surface area (Å²) in [6.07, 6.45) is 5.17. The molecule has 5 aromatic rings. The summed E-state index contributed by atoms with van der Waals surface area (Å²) in [5, 5.41) is 8.83. The molecule has 6 heteroatoms. The van der Waals surface area contributed by atoms with E-state index >= 15 is 0 Å². The Labute approximate surface area is 182 Å². The van der Waals surface area contributed by atoms with Crippen molar-refractivity contribution in [2.75, 3.05) is 0 Å². The lowest BCUT2D eigenvalue weighted by atomic mass is 10.1. The number of benzene rings is 3. The highest BCUT2D eigenvalue weighted by molar-refractivity contribution is 7.07. The molecule has 2 aromatic heterocycles. The minimum atomic E-state index is -0.303. The first-order valence-corrected chi connectivity index (χ1v) is 10.6. The first-order valence-electron chi connectivity index (χ1n) is 9.72. The van der Waals surface area contributed by atoms with Gasteiger partial charge in [0.2, 0.25) is 4.80 Å². The largest absolute Gasteiger partial charge is 0.262 e. The van der Waals surface area contributed by atoms with Gasteiger partial charge in [0.05, 0.1) is 23.8 Å². The van der Waals surface area contributed by atoms with E-state index in [2.05, 4.69) is 28.2 Å². The number of hydrogen-bond donors (Lipinski definition) is 0. The predicted octanol–water partition coefficient (Wildman–Crippen LogP) is 6.02. The number of pyridine rings is 1. The number of aromatic nitrogens is 2. The van der Waals surface area contributed by atoms with Crippen molar-refractivity contribution >= 4 is 34.0 Å². The molecule has 0 unspecified atom stereocenters. The third-order valence-electron chi connectivity index (χ3n) is 4.84. The van der Waals surface area contributed by atoms with Gasteiger partial charge in [-0.2, -0.15) is 5.10 Å². The first-order chi connectivity index (χ1) is 15.3. The lowest BCUT2D eigenvalue weighted by Crippen LogP contribution is -2.12. The number of rotatable bonds is 4. The van der Waals surface area contributed by atoms with Crippen LogP contribution in [0.2, 0.25) is 0 Å². The van der Waals surface area contributed by atoms with Crippen LogP contribution < -0.4 is 4.80 Å². The number of hydrogen-bond acceptors (Lipinski definition) is 4. The number of fused-ring (bicyclic) bond motifs is 1. The van der Waals surface area contributed by atoms with E-state index in [0.717, 1.165) is 16.3 Å². The number of thiazole rings is 1. The van der Waals surface area contributed by atoms with Crippen LogP contribution in [0.25, 0.3) is 22.0 Å². The summed E-state index contributed by atoms with van der Waals surface area (Å²) in [4.78, 5) is 9.42. The summed E-state index contributed by atoms with van der Waals surface area (Å²) in [5.74, 6) is -0.303. The second-order valence-electron chi connectivity index (χ2n) is 6.83. The summed E-state index contributed by atoms with van der Waals surface area (Å²) in [7, 11) is 0. The third kappa shape index (κ3) is 3.93. The van der Waals surface area contributed by atoms with Crippen molar-refractivity contribution in [1.82, 2.24) is 9.66 Å². The minimum absolute atomic E-state index is 0.303. The van der Waals surface area contributed by atoms with Crippen molar-refractivity contribution in [2.45, 2.75) is 0 Å². The van der Waals surface area contributed by atoms with Crippen LogP contribution in [0.3, 0.4) is 0 Å². The number of halogens is 1. The Balaban J connectivity index is 1.69. The van der Waals surface area contributed by atoms with Gasteiger partial charge in [0.15, 0.2) is 0 Å². The first kappa shape index (κ1) is 19.1. The maximum atomic E-state index is 14.6. The van der Waals surface area contributed by atoms with Gasteiger partial charge >= 0.3 is 0 Å². The van der Waals surface area contributed by atoms with Crippen molar-refractivity contribution in [3.8, 4) is 11.3 Å². The monoisotopic (exact) mass is 424 g/mol. The van der Waals surface area contributed by atoms with Gasteiger partial charge in [-0.25, -0.2) is 14.1 Å². The lowest BCUT2D eigenvalue weighted by Gasteiger charge is -2.06. The Hall–Kier alpha value is -3.90. The summed E-state index contributed by atoms with van der Waals surface area (Å²) in [5.41, 5.74) is 2.80. The van der Waals surface area contributed by atoms with Crippen LogP contribution in [0.15, 0.2) is 107 Å². The zero-order chi connectivity index (χ0) is 21.0. The lowest BCUT2D eigenvalue weighted by molar-refractivity contribution is 0.629. The molecule has 0 aliphatic rings. The topological polar surface area (TPSA) is 42.5 Å². The van der Waals surface area contributed by atoms with Crippen LogP contribution in [0.4, 0.5) is 10.1 Å². The van der Waals surface area contributed by atoms with Crippen LogP contribution in [0, 0.1) is 5.82 Å². The Morgan fingerprint density at radius 3 is 2.61 bits per heavy atom. The molecular formula is C25H17FN4S. The molecule has 0 spiro atoms. The number of nitrogens with zero attached hydrogens (tertiary/aromatic N) is 4. The molecule has 5 rings (SSSR count). The van der Waals surface area contributed by atoms with E-state index in [-0.39, 0.29) is 5.82 Å². The van der Waals surface area contributed by atoms with Gasteiger partial charge in [-0.15, -0.1) is 11.3 Å². The van der Waals surface area contributed by atoms with Gasteiger partial charge in [-0.1, -0.05) is 54.6 Å². The Bertz CT molecular complexity index is 1450. The van der Waals surface area contributed by atoms with Gasteiger partial charge in [-0.05, 0) is 35.0 Å². The maximum Gasteiger partial charge on any atom is 0.211 e. The van der Waals surface area contributed by atoms with Crippen LogP contribution in [0.1, 0.15) is 5.56 Å². The molecule has 3 aromatic carbocycles. The highest BCUT2D eigenvalue weighted by Gasteiger charge is 2.12. The van der Waals surface area contributed by atoms with Gasteiger partial charge in [0.1, 0.15) is 5.82 Å². The van der Waals surface area contributed by atoms with Gasteiger partial charge in [-0.3, -0.25) is 4.98 Å². The molecule has 0 radical (unpaired) electrons. The van der Waals surface area contributed by atoms with E-state index in [9.17, 15) is 4.39 Å². The summed E-state index contributed by atoms with van der Waals surface area (Å²) < 4.78 is 16.2.